The van der Waals surface area contributed by atoms with Crippen LogP contribution in [-0.2, 0) is 14.4 Å². The summed E-state index contributed by atoms with van der Waals surface area (Å²) < 4.78 is 0. The molecule has 3 fully saturated rings. The smallest absolute Gasteiger partial charge is 0.353 e. The highest BCUT2D eigenvalue weighted by Gasteiger charge is 2.60. The fourth-order valence-corrected chi connectivity index (χ4v) is 7.18. The highest BCUT2D eigenvalue weighted by molar-refractivity contribution is 8.03. The minimum atomic E-state index is -1.13. The molecule has 0 unspecified atom stereocenters. The predicted molar refractivity (Wildman–Crippen MR) is 127 cm³/mol. The Morgan fingerprint density at radius 3 is 2.74 bits per heavy atom. The molecule has 0 saturated carbocycles. The molecule has 0 spiro atoms. The third-order valence-electron chi connectivity index (χ3n) is 7.42. The summed E-state index contributed by atoms with van der Waals surface area (Å²) in [5.41, 5.74) is 10.8. The summed E-state index contributed by atoms with van der Waals surface area (Å²) in [6, 6.07) is -0.628. The van der Waals surface area contributed by atoms with Crippen LogP contribution in [0.2, 0.25) is 0 Å². The fourth-order valence-electron chi connectivity index (χ4n) is 5.70. The molecule has 0 bridgehead atoms. The number of aliphatic imine (C=N–C) groups is 1. The number of nitrogens with one attached hydrogen (secondary N) is 1. The fraction of sp³-hybridized carbons (Fsp3) is 0.727. The lowest BCUT2D eigenvalue weighted by molar-refractivity contribution is -0.163. The number of nitrogens with zero attached hydrogens (tertiary/aromatic N) is 3. The summed E-state index contributed by atoms with van der Waals surface area (Å²) in [5.74, 6) is -1.67. The highest BCUT2D eigenvalue weighted by atomic mass is 32.2. The first-order chi connectivity index (χ1) is 16.1. The largest absolute Gasteiger partial charge is 0.477 e. The first-order valence-corrected chi connectivity index (χ1v) is 12.7. The van der Waals surface area contributed by atoms with Crippen molar-refractivity contribution >= 4 is 35.5 Å². The molecule has 3 saturated heterocycles. The molecule has 4 rings (SSSR count). The van der Waals surface area contributed by atoms with Crippen molar-refractivity contribution in [2.45, 2.75) is 56.5 Å². The van der Waals surface area contributed by atoms with Crippen LogP contribution in [0.5, 0.6) is 0 Å². The van der Waals surface area contributed by atoms with Crippen molar-refractivity contribution in [2.75, 3.05) is 26.2 Å². The van der Waals surface area contributed by atoms with E-state index < -0.39 is 18.0 Å². The van der Waals surface area contributed by atoms with Crippen LogP contribution in [0.3, 0.4) is 0 Å². The van der Waals surface area contributed by atoms with Gasteiger partial charge in [0, 0.05) is 42.3 Å². The maximum atomic E-state index is 13.1. The summed E-state index contributed by atoms with van der Waals surface area (Å²) in [6.07, 6.45) is 1.54. The Bertz CT molecular complexity index is 919. The lowest BCUT2D eigenvalue weighted by Gasteiger charge is -2.46. The van der Waals surface area contributed by atoms with Crippen LogP contribution in [0.1, 0.15) is 33.1 Å². The second-order valence-electron chi connectivity index (χ2n) is 9.74. The lowest BCUT2D eigenvalue weighted by Crippen LogP contribution is -2.63. The van der Waals surface area contributed by atoms with Crippen LogP contribution in [0.15, 0.2) is 15.6 Å². The van der Waals surface area contributed by atoms with Gasteiger partial charge in [-0.05, 0) is 32.1 Å². The zero-order chi connectivity index (χ0) is 24.7. The molecule has 4 heterocycles. The minimum Gasteiger partial charge on any atom is -0.477 e. The zero-order valence-corrected chi connectivity index (χ0v) is 20.3. The summed E-state index contributed by atoms with van der Waals surface area (Å²) in [7, 11) is 0. The van der Waals surface area contributed by atoms with Crippen LogP contribution in [0.4, 0.5) is 0 Å². The first kappa shape index (κ1) is 24.8. The Morgan fingerprint density at radius 2 is 2.09 bits per heavy atom. The molecule has 4 aliphatic rings. The van der Waals surface area contributed by atoms with Gasteiger partial charge in [-0.1, -0.05) is 6.92 Å². The van der Waals surface area contributed by atoms with Crippen LogP contribution < -0.4 is 16.8 Å². The average molecular weight is 495 g/mol. The van der Waals surface area contributed by atoms with Gasteiger partial charge in [0.1, 0.15) is 5.70 Å². The SMILES string of the molecule is C[C@@H](O)[C@H]1C(=O)N2C(C(=O)O)=C(S[C@@H]3CN[C@H](C(=O)N4CC[C@H](CCN=C(N)N)C4)C3)[C@H](C)[C@H]12. The van der Waals surface area contributed by atoms with Gasteiger partial charge in [0.05, 0.1) is 24.1 Å². The standard InChI is InChI=1S/C22H34N6O5S/c1-10-16-15(11(2)29)20(31)28(16)17(21(32)33)18(10)34-13-7-14(26-8-13)19(30)27-6-4-12(9-27)3-5-25-22(23)24/h10-16,26,29H,3-9H2,1-2H3,(H,32,33)(H4,23,24,25)/t10-,11-,12+,13+,14+,15-,16-/m1/s1. The van der Waals surface area contributed by atoms with E-state index in [9.17, 15) is 24.6 Å². The van der Waals surface area contributed by atoms with Gasteiger partial charge < -0.3 is 36.8 Å². The van der Waals surface area contributed by atoms with Crippen molar-refractivity contribution in [3.05, 3.63) is 10.6 Å². The number of rotatable bonds is 8. The van der Waals surface area contributed by atoms with Gasteiger partial charge in [0.25, 0.3) is 0 Å². The van der Waals surface area contributed by atoms with Gasteiger partial charge in [-0.3, -0.25) is 14.6 Å². The van der Waals surface area contributed by atoms with E-state index in [1.165, 1.54) is 16.7 Å². The number of aliphatic hydroxyl groups excluding tert-OH is 1. The maximum Gasteiger partial charge on any atom is 0.353 e. The number of aliphatic hydroxyl groups is 1. The molecule has 0 radical (unpaired) electrons. The number of fused-ring (bicyclic) bond motifs is 1. The average Bonchev–Trinajstić information content (AvgIpc) is 3.46. The molecule has 7 atom stereocenters. The molecule has 11 nitrogen and oxygen atoms in total. The van der Waals surface area contributed by atoms with Crippen LogP contribution in [0.25, 0.3) is 0 Å². The third kappa shape index (κ3) is 4.50. The van der Waals surface area contributed by atoms with Crippen molar-refractivity contribution in [1.82, 2.24) is 15.1 Å². The van der Waals surface area contributed by atoms with Gasteiger partial charge >= 0.3 is 5.97 Å². The van der Waals surface area contributed by atoms with E-state index in [0.717, 1.165) is 12.8 Å². The molecule has 0 aromatic heterocycles. The number of aliphatic carboxylic acids is 1. The molecule has 7 N–H and O–H groups in total. The number of nitrogens with two attached hydrogens (primary N) is 2. The quantitative estimate of drug-likeness (QED) is 0.163. The summed E-state index contributed by atoms with van der Waals surface area (Å²) in [4.78, 5) is 45.5. The van der Waals surface area contributed by atoms with E-state index in [4.69, 9.17) is 11.5 Å². The van der Waals surface area contributed by atoms with E-state index in [1.807, 2.05) is 11.8 Å². The molecule has 0 aromatic rings. The molecule has 2 amide bonds. The van der Waals surface area contributed by atoms with Crippen LogP contribution in [0, 0.1) is 17.8 Å². The minimum absolute atomic E-state index is 0.0276. The van der Waals surface area contributed by atoms with Gasteiger partial charge in [-0.2, -0.15) is 0 Å². The summed E-state index contributed by atoms with van der Waals surface area (Å²) in [5, 5.41) is 23.2. The van der Waals surface area contributed by atoms with E-state index in [1.54, 1.807) is 6.92 Å². The molecular formula is C22H34N6O5S. The Kier molecular flexibility index (Phi) is 7.11. The molecular weight excluding hydrogens is 460 g/mol. The van der Waals surface area contributed by atoms with E-state index in [-0.39, 0.29) is 46.7 Å². The number of amides is 2. The molecule has 4 aliphatic heterocycles. The van der Waals surface area contributed by atoms with Crippen molar-refractivity contribution in [1.29, 1.82) is 0 Å². The Labute approximate surface area is 203 Å². The molecule has 12 heteroatoms. The number of carbonyl (C=O) groups is 3. The predicted octanol–water partition coefficient (Wildman–Crippen LogP) is -0.884. The topological polar surface area (TPSA) is 175 Å². The zero-order valence-electron chi connectivity index (χ0n) is 19.5. The van der Waals surface area contributed by atoms with Crippen molar-refractivity contribution in [3.8, 4) is 0 Å². The number of carboxylic acids is 1. The molecule has 0 aliphatic carbocycles. The Balaban J connectivity index is 1.35. The van der Waals surface area contributed by atoms with Gasteiger partial charge in [0.15, 0.2) is 5.96 Å². The Morgan fingerprint density at radius 1 is 1.35 bits per heavy atom. The van der Waals surface area contributed by atoms with Crippen molar-refractivity contribution in [3.63, 3.8) is 0 Å². The van der Waals surface area contributed by atoms with E-state index in [0.29, 0.717) is 43.4 Å². The number of likely N-dealkylation sites (tertiary alicyclic amines) is 1. The number of carboxylic acid groups (broad SMARTS) is 1. The highest BCUT2D eigenvalue weighted by Crippen LogP contribution is 2.51. The number of guanidine groups is 1. The molecule has 188 valence electrons. The normalized spacial score (nSPS) is 33.7. The van der Waals surface area contributed by atoms with E-state index >= 15 is 0 Å². The summed E-state index contributed by atoms with van der Waals surface area (Å²) in [6.45, 7) is 6.04. The third-order valence-corrected chi connectivity index (χ3v) is 8.93. The van der Waals surface area contributed by atoms with Crippen molar-refractivity contribution in [2.24, 2.45) is 34.2 Å². The molecule has 0 aromatic carbocycles. The molecule has 34 heavy (non-hydrogen) atoms. The number of thioether (sulfide) groups is 1. The maximum absolute atomic E-state index is 13.1. The van der Waals surface area contributed by atoms with Gasteiger partial charge in [-0.15, -0.1) is 11.8 Å². The van der Waals surface area contributed by atoms with E-state index in [2.05, 4.69) is 10.3 Å². The van der Waals surface area contributed by atoms with Crippen LogP contribution >= 0.6 is 11.8 Å². The number of β-lactam (4-membered cyclic amide) rings is 1. The number of hydrogen-bond acceptors (Lipinski definition) is 7. The van der Waals surface area contributed by atoms with Gasteiger partial charge in [0.2, 0.25) is 11.8 Å². The summed E-state index contributed by atoms with van der Waals surface area (Å²) >= 11 is 1.45. The Hall–Kier alpha value is -2.31. The lowest BCUT2D eigenvalue weighted by atomic mass is 9.79. The van der Waals surface area contributed by atoms with Crippen LogP contribution in [-0.4, -0.2) is 93.4 Å². The second-order valence-corrected chi connectivity index (χ2v) is 11.1. The number of carbonyl (C=O) groups excluding carboxylic acids is 2. The van der Waals surface area contributed by atoms with Crippen molar-refractivity contribution < 1.29 is 24.6 Å². The second kappa shape index (κ2) is 9.74. The monoisotopic (exact) mass is 494 g/mol. The van der Waals surface area contributed by atoms with Gasteiger partial charge in [-0.25, -0.2) is 4.79 Å². The first-order valence-electron chi connectivity index (χ1n) is 11.8. The number of hydrogen-bond donors (Lipinski definition) is 5.